The summed E-state index contributed by atoms with van der Waals surface area (Å²) in [7, 11) is -3.54. The highest BCUT2D eigenvalue weighted by Gasteiger charge is 2.24. The first-order valence-electron chi connectivity index (χ1n) is 9.17. The first kappa shape index (κ1) is 20.2. The van der Waals surface area contributed by atoms with E-state index in [0.717, 1.165) is 5.69 Å². The SMILES string of the molecule is CCCNS(=O)(=O)c1ccc(OCC(=O)N2CCOc3ccccc32)c(C)c1. The fraction of sp³-hybridized carbons (Fsp3) is 0.350. The number of benzene rings is 2. The van der Waals surface area contributed by atoms with Gasteiger partial charge in [0.25, 0.3) is 5.91 Å². The van der Waals surface area contributed by atoms with Crippen molar-refractivity contribution in [3.8, 4) is 11.5 Å². The van der Waals surface area contributed by atoms with Gasteiger partial charge in [-0.25, -0.2) is 13.1 Å². The molecule has 7 nitrogen and oxygen atoms in total. The number of nitrogens with zero attached hydrogens (tertiary/aromatic N) is 1. The summed E-state index contributed by atoms with van der Waals surface area (Å²) in [5, 5.41) is 0. The van der Waals surface area contributed by atoms with E-state index in [9.17, 15) is 13.2 Å². The zero-order valence-electron chi connectivity index (χ0n) is 16.0. The molecule has 0 saturated carbocycles. The van der Waals surface area contributed by atoms with Crippen LogP contribution < -0.4 is 19.1 Å². The Labute approximate surface area is 165 Å². The molecule has 0 fully saturated rings. The molecule has 0 spiro atoms. The molecule has 28 heavy (non-hydrogen) atoms. The average Bonchev–Trinajstić information content (AvgIpc) is 2.70. The summed E-state index contributed by atoms with van der Waals surface area (Å²) in [4.78, 5) is 14.4. The highest BCUT2D eigenvalue weighted by molar-refractivity contribution is 7.89. The van der Waals surface area contributed by atoms with E-state index in [-0.39, 0.29) is 17.4 Å². The van der Waals surface area contributed by atoms with Crippen molar-refractivity contribution >= 4 is 21.6 Å². The molecule has 0 bridgehead atoms. The fourth-order valence-electron chi connectivity index (χ4n) is 2.92. The number of carbonyl (C=O) groups excluding carboxylic acids is 1. The second-order valence-electron chi connectivity index (χ2n) is 6.48. The van der Waals surface area contributed by atoms with Gasteiger partial charge in [-0.3, -0.25) is 4.79 Å². The lowest BCUT2D eigenvalue weighted by atomic mass is 10.2. The zero-order chi connectivity index (χ0) is 20.1. The number of amides is 1. The fourth-order valence-corrected chi connectivity index (χ4v) is 4.14. The normalized spacial score (nSPS) is 13.6. The molecule has 0 atom stereocenters. The van der Waals surface area contributed by atoms with E-state index in [1.807, 2.05) is 31.2 Å². The van der Waals surface area contributed by atoms with Crippen LogP contribution in [-0.2, 0) is 14.8 Å². The zero-order valence-corrected chi connectivity index (χ0v) is 16.8. The molecule has 1 amide bonds. The van der Waals surface area contributed by atoms with Crippen LogP contribution in [0.25, 0.3) is 0 Å². The minimum atomic E-state index is -3.54. The van der Waals surface area contributed by atoms with Crippen molar-refractivity contribution in [2.24, 2.45) is 0 Å². The van der Waals surface area contributed by atoms with Crippen LogP contribution in [0.2, 0.25) is 0 Å². The minimum absolute atomic E-state index is 0.143. The van der Waals surface area contributed by atoms with Crippen LogP contribution in [0, 0.1) is 6.92 Å². The van der Waals surface area contributed by atoms with Crippen molar-refractivity contribution in [1.29, 1.82) is 0 Å². The summed E-state index contributed by atoms with van der Waals surface area (Å²) in [5.41, 5.74) is 1.37. The van der Waals surface area contributed by atoms with Gasteiger partial charge >= 0.3 is 0 Å². The molecule has 1 aliphatic rings. The summed E-state index contributed by atoms with van der Waals surface area (Å²) >= 11 is 0. The van der Waals surface area contributed by atoms with Gasteiger partial charge < -0.3 is 14.4 Å². The van der Waals surface area contributed by atoms with Gasteiger partial charge in [0.05, 0.1) is 17.1 Å². The number of aryl methyl sites for hydroxylation is 1. The lowest BCUT2D eigenvalue weighted by Crippen LogP contribution is -2.40. The maximum absolute atomic E-state index is 12.6. The molecule has 0 aromatic heterocycles. The van der Waals surface area contributed by atoms with Crippen LogP contribution >= 0.6 is 0 Å². The van der Waals surface area contributed by atoms with Crippen LogP contribution in [0.4, 0.5) is 5.69 Å². The van der Waals surface area contributed by atoms with Crippen molar-refractivity contribution in [2.45, 2.75) is 25.2 Å². The standard InChI is InChI=1S/C20H24N2O5S/c1-3-10-21-28(24,25)16-8-9-18(15(2)13-16)27-14-20(23)22-11-12-26-19-7-5-4-6-17(19)22/h4-9,13,21H,3,10-12,14H2,1-2H3. The summed E-state index contributed by atoms with van der Waals surface area (Å²) < 4.78 is 38.2. The Morgan fingerprint density at radius 1 is 1.25 bits per heavy atom. The number of carbonyl (C=O) groups is 1. The average molecular weight is 404 g/mol. The molecule has 2 aromatic rings. The van der Waals surface area contributed by atoms with Crippen LogP contribution in [0.3, 0.4) is 0 Å². The van der Waals surface area contributed by atoms with Gasteiger partial charge in [-0.2, -0.15) is 0 Å². The largest absolute Gasteiger partial charge is 0.490 e. The number of sulfonamides is 1. The Morgan fingerprint density at radius 2 is 2.04 bits per heavy atom. The highest BCUT2D eigenvalue weighted by Crippen LogP contribution is 2.31. The Hall–Kier alpha value is -2.58. The van der Waals surface area contributed by atoms with Gasteiger partial charge in [0.15, 0.2) is 6.61 Å². The van der Waals surface area contributed by atoms with E-state index in [1.54, 1.807) is 24.0 Å². The molecule has 1 heterocycles. The van der Waals surface area contributed by atoms with E-state index < -0.39 is 10.0 Å². The number of para-hydroxylation sites is 2. The Kier molecular flexibility index (Phi) is 6.21. The van der Waals surface area contributed by atoms with Gasteiger partial charge in [-0.1, -0.05) is 19.1 Å². The quantitative estimate of drug-likeness (QED) is 0.766. The molecule has 0 saturated heterocycles. The van der Waals surface area contributed by atoms with Crippen molar-refractivity contribution in [1.82, 2.24) is 4.72 Å². The number of rotatable bonds is 7. The number of hydrogen-bond acceptors (Lipinski definition) is 5. The van der Waals surface area contributed by atoms with Gasteiger partial charge in [0.2, 0.25) is 10.0 Å². The lowest BCUT2D eigenvalue weighted by molar-refractivity contribution is -0.120. The Morgan fingerprint density at radius 3 is 2.79 bits per heavy atom. The third kappa shape index (κ3) is 4.45. The highest BCUT2D eigenvalue weighted by atomic mass is 32.2. The molecular weight excluding hydrogens is 380 g/mol. The molecule has 0 radical (unpaired) electrons. The van der Waals surface area contributed by atoms with Crippen LogP contribution in [0.5, 0.6) is 11.5 Å². The molecular formula is C20H24N2O5S. The Bertz CT molecular complexity index is 959. The third-order valence-electron chi connectivity index (χ3n) is 4.38. The summed E-state index contributed by atoms with van der Waals surface area (Å²) in [6, 6.07) is 12.0. The van der Waals surface area contributed by atoms with Crippen molar-refractivity contribution < 1.29 is 22.7 Å². The first-order valence-corrected chi connectivity index (χ1v) is 10.7. The summed E-state index contributed by atoms with van der Waals surface area (Å²) in [5.74, 6) is 0.966. The van der Waals surface area contributed by atoms with E-state index in [1.165, 1.54) is 6.07 Å². The monoisotopic (exact) mass is 404 g/mol. The van der Waals surface area contributed by atoms with E-state index in [2.05, 4.69) is 4.72 Å². The predicted octanol–water partition coefficient (Wildman–Crippen LogP) is 2.49. The van der Waals surface area contributed by atoms with Crippen molar-refractivity contribution in [3.63, 3.8) is 0 Å². The number of nitrogens with one attached hydrogen (secondary N) is 1. The van der Waals surface area contributed by atoms with E-state index in [0.29, 0.717) is 43.2 Å². The molecule has 0 aliphatic carbocycles. The number of hydrogen-bond donors (Lipinski definition) is 1. The van der Waals surface area contributed by atoms with Gasteiger partial charge in [0, 0.05) is 6.54 Å². The van der Waals surface area contributed by atoms with Crippen LogP contribution in [0.15, 0.2) is 47.4 Å². The molecule has 1 aliphatic heterocycles. The van der Waals surface area contributed by atoms with Gasteiger partial charge in [0.1, 0.15) is 18.1 Å². The number of fused-ring (bicyclic) bond motifs is 1. The molecule has 1 N–H and O–H groups in total. The molecule has 0 unspecified atom stereocenters. The van der Waals surface area contributed by atoms with Crippen molar-refractivity contribution in [2.75, 3.05) is 31.2 Å². The summed E-state index contributed by atoms with van der Waals surface area (Å²) in [6.07, 6.45) is 0.714. The van der Waals surface area contributed by atoms with Gasteiger partial charge in [-0.05, 0) is 49.2 Å². The van der Waals surface area contributed by atoms with Crippen LogP contribution in [-0.4, -0.2) is 40.6 Å². The van der Waals surface area contributed by atoms with E-state index in [4.69, 9.17) is 9.47 Å². The second-order valence-corrected chi connectivity index (χ2v) is 8.24. The van der Waals surface area contributed by atoms with Crippen LogP contribution in [0.1, 0.15) is 18.9 Å². The topological polar surface area (TPSA) is 84.9 Å². The molecule has 8 heteroatoms. The third-order valence-corrected chi connectivity index (χ3v) is 5.84. The predicted molar refractivity (Wildman–Crippen MR) is 106 cm³/mol. The Balaban J connectivity index is 1.68. The lowest BCUT2D eigenvalue weighted by Gasteiger charge is -2.29. The minimum Gasteiger partial charge on any atom is -0.490 e. The molecule has 3 rings (SSSR count). The molecule has 150 valence electrons. The first-order chi connectivity index (χ1) is 13.4. The van der Waals surface area contributed by atoms with Gasteiger partial charge in [-0.15, -0.1) is 0 Å². The van der Waals surface area contributed by atoms with E-state index >= 15 is 0 Å². The smallest absolute Gasteiger partial charge is 0.265 e. The summed E-state index contributed by atoms with van der Waals surface area (Å²) in [6.45, 7) is 4.78. The maximum Gasteiger partial charge on any atom is 0.265 e. The maximum atomic E-state index is 12.6. The number of ether oxygens (including phenoxy) is 2. The number of anilines is 1. The second kappa shape index (κ2) is 8.62. The molecule has 2 aromatic carbocycles. The van der Waals surface area contributed by atoms with Crippen molar-refractivity contribution in [3.05, 3.63) is 48.0 Å².